The number of sulfonamides is 1. The van der Waals surface area contributed by atoms with E-state index < -0.39 is 10.0 Å². The molecule has 0 fully saturated rings. The molecule has 0 unspecified atom stereocenters. The topological polar surface area (TPSA) is 108 Å². The van der Waals surface area contributed by atoms with Gasteiger partial charge in [0.1, 0.15) is 4.90 Å². The molecule has 3 rings (SSSR count). The van der Waals surface area contributed by atoms with Crippen LogP contribution < -0.4 is 10.6 Å². The van der Waals surface area contributed by atoms with E-state index in [1.165, 1.54) is 11.0 Å². The first-order valence-electron chi connectivity index (χ1n) is 9.34. The van der Waals surface area contributed by atoms with Gasteiger partial charge in [0.15, 0.2) is 5.84 Å². The molecule has 0 aliphatic carbocycles. The molecule has 0 spiro atoms. The number of likely N-dealkylation sites (N-methyl/N-ethyl adjacent to an activating group) is 1. The largest absolute Gasteiger partial charge is 0.350 e. The maximum absolute atomic E-state index is 12.6. The van der Waals surface area contributed by atoms with Gasteiger partial charge in [0.2, 0.25) is 5.91 Å². The van der Waals surface area contributed by atoms with E-state index in [9.17, 15) is 18.0 Å². The van der Waals surface area contributed by atoms with Gasteiger partial charge in [-0.05, 0) is 57.2 Å². The molecule has 0 saturated carbocycles. The van der Waals surface area contributed by atoms with Gasteiger partial charge in [-0.3, -0.25) is 9.59 Å². The quantitative estimate of drug-likeness (QED) is 0.776. The van der Waals surface area contributed by atoms with Crippen molar-refractivity contribution in [2.45, 2.75) is 31.2 Å². The van der Waals surface area contributed by atoms with Gasteiger partial charge in [-0.25, -0.2) is 0 Å². The summed E-state index contributed by atoms with van der Waals surface area (Å²) in [5.41, 5.74) is 1.13. The van der Waals surface area contributed by atoms with E-state index >= 15 is 0 Å². The van der Waals surface area contributed by atoms with Crippen LogP contribution in [-0.2, 0) is 14.8 Å². The van der Waals surface area contributed by atoms with Gasteiger partial charge < -0.3 is 15.5 Å². The zero-order chi connectivity index (χ0) is 22.1. The first-order valence-corrected chi connectivity index (χ1v) is 10.8. The second-order valence-corrected chi connectivity index (χ2v) is 9.65. The number of benzene rings is 2. The van der Waals surface area contributed by atoms with Gasteiger partial charge >= 0.3 is 0 Å². The number of carbonyl (C=O) groups is 2. The second kappa shape index (κ2) is 7.91. The summed E-state index contributed by atoms with van der Waals surface area (Å²) in [6, 6.07) is 13.1. The number of amides is 2. The molecule has 1 heterocycles. The Balaban J connectivity index is 1.68. The molecular weight excluding hydrogens is 404 g/mol. The lowest BCUT2D eigenvalue weighted by atomic mass is 10.1. The number of anilines is 1. The van der Waals surface area contributed by atoms with Crippen molar-refractivity contribution < 1.29 is 18.0 Å². The lowest BCUT2D eigenvalue weighted by molar-refractivity contribution is -0.122. The van der Waals surface area contributed by atoms with Crippen LogP contribution in [-0.4, -0.2) is 50.1 Å². The standard InChI is InChI=1S/C21H24N4O4S/c1-21(2,3)23-18(26)13-25(4)20(27)14-9-11-15(12-10-14)22-19-16-7-5-6-8-17(16)30(28,29)24-19/h5-12H,13H2,1-4H3,(H,22,24)(H,23,26). The second-order valence-electron chi connectivity index (χ2n) is 8.07. The van der Waals surface area contributed by atoms with Crippen molar-refractivity contribution in [3.63, 3.8) is 0 Å². The summed E-state index contributed by atoms with van der Waals surface area (Å²) in [7, 11) is -2.14. The number of hydrogen-bond acceptors (Lipinski definition) is 5. The van der Waals surface area contributed by atoms with Gasteiger partial charge in [-0.2, -0.15) is 8.42 Å². The fraction of sp³-hybridized carbons (Fsp3) is 0.286. The third-order valence-corrected chi connectivity index (χ3v) is 5.60. The molecule has 9 heteroatoms. The van der Waals surface area contributed by atoms with E-state index in [0.717, 1.165) is 0 Å². The van der Waals surface area contributed by atoms with Gasteiger partial charge in [0.25, 0.3) is 15.9 Å². The minimum absolute atomic E-state index is 0.0540. The van der Waals surface area contributed by atoms with Gasteiger partial charge in [0.05, 0.1) is 6.54 Å². The Bertz CT molecular complexity index is 1120. The van der Waals surface area contributed by atoms with Crippen LogP contribution in [0.4, 0.5) is 5.69 Å². The molecule has 158 valence electrons. The lowest BCUT2D eigenvalue weighted by Crippen LogP contribution is -2.46. The van der Waals surface area contributed by atoms with Gasteiger partial charge in [0, 0.05) is 29.4 Å². The maximum Gasteiger partial charge on any atom is 0.285 e. The number of fused-ring (bicyclic) bond motifs is 1. The van der Waals surface area contributed by atoms with Crippen LogP contribution in [0.3, 0.4) is 0 Å². The van der Waals surface area contributed by atoms with Gasteiger partial charge in [-0.1, -0.05) is 12.1 Å². The van der Waals surface area contributed by atoms with Crippen molar-refractivity contribution in [3.8, 4) is 0 Å². The van der Waals surface area contributed by atoms with E-state index in [1.54, 1.807) is 49.5 Å². The van der Waals surface area contributed by atoms with Crippen LogP contribution in [0.5, 0.6) is 0 Å². The summed E-state index contributed by atoms with van der Waals surface area (Å²) in [5.74, 6) is -0.298. The Kier molecular flexibility index (Phi) is 5.67. The van der Waals surface area contributed by atoms with Crippen molar-refractivity contribution in [2.24, 2.45) is 4.40 Å². The number of hydrogen-bond donors (Lipinski definition) is 2. The van der Waals surface area contributed by atoms with Crippen molar-refractivity contribution in [3.05, 3.63) is 59.7 Å². The number of rotatable bonds is 4. The fourth-order valence-corrected chi connectivity index (χ4v) is 4.17. The van der Waals surface area contributed by atoms with E-state index in [2.05, 4.69) is 15.0 Å². The molecular formula is C21H24N4O4S. The van der Waals surface area contributed by atoms with Crippen molar-refractivity contribution in [1.29, 1.82) is 0 Å². The molecule has 2 aromatic carbocycles. The van der Waals surface area contributed by atoms with Crippen LogP contribution in [0.2, 0.25) is 0 Å². The molecule has 0 aromatic heterocycles. The van der Waals surface area contributed by atoms with E-state index in [1.807, 2.05) is 20.8 Å². The molecule has 8 nitrogen and oxygen atoms in total. The van der Waals surface area contributed by atoms with E-state index in [-0.39, 0.29) is 34.6 Å². The number of nitrogens with zero attached hydrogens (tertiary/aromatic N) is 2. The molecule has 2 aromatic rings. The van der Waals surface area contributed by atoms with Crippen LogP contribution in [0, 0.1) is 0 Å². The summed E-state index contributed by atoms with van der Waals surface area (Å²) < 4.78 is 28.1. The Labute approximate surface area is 176 Å². The molecule has 0 atom stereocenters. The van der Waals surface area contributed by atoms with Crippen LogP contribution >= 0.6 is 0 Å². The molecule has 1 aliphatic rings. The molecule has 2 N–H and O–H groups in total. The normalized spacial score (nSPS) is 14.5. The van der Waals surface area contributed by atoms with Crippen molar-refractivity contribution >= 4 is 33.4 Å². The molecule has 0 bridgehead atoms. The van der Waals surface area contributed by atoms with Crippen molar-refractivity contribution in [2.75, 3.05) is 18.9 Å². The SMILES string of the molecule is CN(CC(=O)NC(C)(C)C)C(=O)c1ccc(NC2=NS(=O)(=O)c3ccccc32)cc1. The molecule has 2 amide bonds. The van der Waals surface area contributed by atoms with Crippen LogP contribution in [0.15, 0.2) is 57.8 Å². The third kappa shape index (κ3) is 4.85. The number of nitrogens with one attached hydrogen (secondary N) is 2. The Morgan fingerprint density at radius 2 is 1.67 bits per heavy atom. The first-order chi connectivity index (χ1) is 14.0. The third-order valence-electron chi connectivity index (χ3n) is 4.27. The van der Waals surface area contributed by atoms with Crippen molar-refractivity contribution in [1.82, 2.24) is 10.2 Å². The summed E-state index contributed by atoms with van der Waals surface area (Å²) in [4.78, 5) is 26.1. The van der Waals surface area contributed by atoms with E-state index in [0.29, 0.717) is 16.8 Å². The average molecular weight is 429 g/mol. The highest BCUT2D eigenvalue weighted by atomic mass is 32.2. The first kappa shape index (κ1) is 21.5. The fourth-order valence-electron chi connectivity index (χ4n) is 2.99. The van der Waals surface area contributed by atoms with Crippen LogP contribution in [0.1, 0.15) is 36.7 Å². The lowest BCUT2D eigenvalue weighted by Gasteiger charge is -2.23. The number of amidine groups is 1. The highest BCUT2D eigenvalue weighted by molar-refractivity contribution is 7.90. The zero-order valence-corrected chi connectivity index (χ0v) is 18.1. The minimum Gasteiger partial charge on any atom is -0.350 e. The summed E-state index contributed by atoms with van der Waals surface area (Å²) >= 11 is 0. The summed E-state index contributed by atoms with van der Waals surface area (Å²) in [6.07, 6.45) is 0. The van der Waals surface area contributed by atoms with Crippen LogP contribution in [0.25, 0.3) is 0 Å². The predicted molar refractivity (Wildman–Crippen MR) is 115 cm³/mol. The van der Waals surface area contributed by atoms with E-state index in [4.69, 9.17) is 0 Å². The molecule has 0 saturated heterocycles. The Hall–Kier alpha value is -3.20. The monoisotopic (exact) mass is 428 g/mol. The highest BCUT2D eigenvalue weighted by Gasteiger charge is 2.28. The molecule has 30 heavy (non-hydrogen) atoms. The average Bonchev–Trinajstić information content (AvgIpc) is 2.91. The number of carbonyl (C=O) groups excluding carboxylic acids is 2. The summed E-state index contributed by atoms with van der Waals surface area (Å²) in [6.45, 7) is 5.56. The Morgan fingerprint density at radius 3 is 2.30 bits per heavy atom. The summed E-state index contributed by atoms with van der Waals surface area (Å²) in [5, 5.41) is 5.80. The van der Waals surface area contributed by atoms with Gasteiger partial charge in [-0.15, -0.1) is 4.40 Å². The minimum atomic E-state index is -3.71. The smallest absolute Gasteiger partial charge is 0.285 e. The highest BCUT2D eigenvalue weighted by Crippen LogP contribution is 2.26. The molecule has 1 aliphatic heterocycles. The predicted octanol–water partition coefficient (Wildman–Crippen LogP) is 2.23. The Morgan fingerprint density at radius 1 is 1.03 bits per heavy atom. The molecule has 0 radical (unpaired) electrons. The maximum atomic E-state index is 12.6. The zero-order valence-electron chi connectivity index (χ0n) is 17.3.